The van der Waals surface area contributed by atoms with Crippen LogP contribution in [0.5, 0.6) is 11.5 Å². The molecule has 5 rings (SSSR count). The third kappa shape index (κ3) is 4.68. The summed E-state index contributed by atoms with van der Waals surface area (Å²) in [7, 11) is -3.69. The second-order valence-corrected chi connectivity index (χ2v) is 10.2. The minimum absolute atomic E-state index is 0.178. The van der Waals surface area contributed by atoms with Crippen molar-refractivity contribution >= 4 is 27.7 Å². The standard InChI is InChI=1S/C24H25N3O7S/c1-15(23(28)25-13-16-6-7-19-20(12-16)33-14-32-19)34-24(29)17-8-10-27(11-9-17)22-18-4-2-3-5-21(18)35(30,31)26-22/h2-7,12,15,17H,8-11,13-14H2,1H3,(H,25,28)/t15-/m1/s1. The van der Waals surface area contributed by atoms with Crippen LogP contribution in [0.1, 0.15) is 30.9 Å². The number of ether oxygens (including phenoxy) is 3. The number of amidine groups is 1. The number of hydrogen-bond donors (Lipinski definition) is 1. The van der Waals surface area contributed by atoms with Crippen molar-refractivity contribution in [2.75, 3.05) is 19.9 Å². The van der Waals surface area contributed by atoms with Gasteiger partial charge in [-0.2, -0.15) is 8.42 Å². The first-order valence-electron chi connectivity index (χ1n) is 11.4. The molecule has 0 aliphatic carbocycles. The van der Waals surface area contributed by atoms with Crippen LogP contribution in [0.3, 0.4) is 0 Å². The van der Waals surface area contributed by atoms with Gasteiger partial charge < -0.3 is 24.4 Å². The molecule has 184 valence electrons. The monoisotopic (exact) mass is 499 g/mol. The summed E-state index contributed by atoms with van der Waals surface area (Å²) in [6.45, 7) is 2.91. The van der Waals surface area contributed by atoms with Gasteiger partial charge in [0.1, 0.15) is 4.90 Å². The number of amides is 1. The highest BCUT2D eigenvalue weighted by Gasteiger charge is 2.35. The number of carbonyl (C=O) groups excluding carboxylic acids is 2. The Balaban J connectivity index is 1.11. The van der Waals surface area contributed by atoms with E-state index in [2.05, 4.69) is 9.71 Å². The fourth-order valence-electron chi connectivity index (χ4n) is 4.35. The number of likely N-dealkylation sites (tertiary alicyclic amines) is 1. The molecule has 3 aliphatic rings. The van der Waals surface area contributed by atoms with Crippen LogP contribution in [0.15, 0.2) is 51.8 Å². The first-order chi connectivity index (χ1) is 16.8. The smallest absolute Gasteiger partial charge is 0.309 e. The Morgan fingerprint density at radius 3 is 2.69 bits per heavy atom. The highest BCUT2D eigenvalue weighted by molar-refractivity contribution is 7.90. The van der Waals surface area contributed by atoms with E-state index in [1.54, 1.807) is 36.4 Å². The highest BCUT2D eigenvalue weighted by atomic mass is 32.2. The van der Waals surface area contributed by atoms with Crippen molar-refractivity contribution in [1.29, 1.82) is 0 Å². The third-order valence-corrected chi connectivity index (χ3v) is 7.63. The number of hydrogen-bond acceptors (Lipinski definition) is 8. The van der Waals surface area contributed by atoms with Crippen LogP contribution in [-0.2, 0) is 30.9 Å². The maximum atomic E-state index is 12.7. The lowest BCUT2D eigenvalue weighted by Crippen LogP contribution is -2.42. The molecule has 1 N–H and O–H groups in total. The zero-order chi connectivity index (χ0) is 24.6. The van der Waals surface area contributed by atoms with E-state index in [1.807, 2.05) is 11.0 Å². The normalized spacial score (nSPS) is 19.0. The molecule has 2 aromatic carbocycles. The van der Waals surface area contributed by atoms with Gasteiger partial charge >= 0.3 is 5.97 Å². The number of nitrogens with zero attached hydrogens (tertiary/aromatic N) is 2. The van der Waals surface area contributed by atoms with E-state index in [0.717, 1.165) is 5.56 Å². The largest absolute Gasteiger partial charge is 0.454 e. The van der Waals surface area contributed by atoms with Gasteiger partial charge in [-0.3, -0.25) is 9.59 Å². The van der Waals surface area contributed by atoms with Crippen LogP contribution in [0.25, 0.3) is 0 Å². The van der Waals surface area contributed by atoms with Gasteiger partial charge in [0.2, 0.25) is 6.79 Å². The second-order valence-electron chi connectivity index (χ2n) is 8.63. The Morgan fingerprint density at radius 1 is 1.14 bits per heavy atom. The first kappa shape index (κ1) is 23.2. The summed E-state index contributed by atoms with van der Waals surface area (Å²) < 4.78 is 44.6. The first-order valence-corrected chi connectivity index (χ1v) is 12.8. The van der Waals surface area contributed by atoms with Crippen molar-refractivity contribution in [2.24, 2.45) is 10.3 Å². The summed E-state index contributed by atoms with van der Waals surface area (Å²) in [5.41, 5.74) is 1.42. The molecule has 35 heavy (non-hydrogen) atoms. The molecular formula is C24H25N3O7S. The summed E-state index contributed by atoms with van der Waals surface area (Å²) in [6.07, 6.45) is 0.0165. The van der Waals surface area contributed by atoms with E-state index in [9.17, 15) is 18.0 Å². The topological polar surface area (TPSA) is 124 Å². The maximum Gasteiger partial charge on any atom is 0.309 e. The zero-order valence-electron chi connectivity index (χ0n) is 19.1. The zero-order valence-corrected chi connectivity index (χ0v) is 19.9. The second kappa shape index (κ2) is 9.21. The van der Waals surface area contributed by atoms with Crippen LogP contribution >= 0.6 is 0 Å². The molecule has 3 heterocycles. The number of fused-ring (bicyclic) bond motifs is 2. The van der Waals surface area contributed by atoms with Crippen molar-refractivity contribution in [2.45, 2.75) is 37.3 Å². The molecule has 11 heteroatoms. The summed E-state index contributed by atoms with van der Waals surface area (Å²) >= 11 is 0. The summed E-state index contributed by atoms with van der Waals surface area (Å²) in [4.78, 5) is 27.2. The number of carbonyl (C=O) groups is 2. The highest BCUT2D eigenvalue weighted by Crippen LogP contribution is 2.32. The quantitative estimate of drug-likeness (QED) is 0.618. The van der Waals surface area contributed by atoms with E-state index >= 15 is 0 Å². The summed E-state index contributed by atoms with van der Waals surface area (Å²) in [6, 6.07) is 12.1. The molecule has 1 saturated heterocycles. The lowest BCUT2D eigenvalue weighted by molar-refractivity contribution is -0.159. The maximum absolute atomic E-state index is 12.7. The van der Waals surface area contributed by atoms with Crippen molar-refractivity contribution in [1.82, 2.24) is 10.2 Å². The molecule has 1 fully saturated rings. The molecule has 1 amide bonds. The van der Waals surface area contributed by atoms with Gasteiger partial charge in [-0.25, -0.2) is 0 Å². The average molecular weight is 500 g/mol. The van der Waals surface area contributed by atoms with Crippen LogP contribution in [0.4, 0.5) is 0 Å². The molecule has 0 spiro atoms. The Kier molecular flexibility index (Phi) is 6.10. The fourth-order valence-corrected chi connectivity index (χ4v) is 5.58. The van der Waals surface area contributed by atoms with Crippen molar-refractivity contribution < 1.29 is 32.2 Å². The molecule has 0 radical (unpaired) electrons. The van der Waals surface area contributed by atoms with Crippen LogP contribution in [-0.4, -0.2) is 57.0 Å². The van der Waals surface area contributed by atoms with Gasteiger partial charge in [-0.05, 0) is 49.6 Å². The van der Waals surface area contributed by atoms with Crippen molar-refractivity contribution in [3.63, 3.8) is 0 Å². The lowest BCUT2D eigenvalue weighted by atomic mass is 9.96. The van der Waals surface area contributed by atoms with Gasteiger partial charge in [-0.1, -0.05) is 18.2 Å². The summed E-state index contributed by atoms with van der Waals surface area (Å²) in [5, 5.41) is 2.77. The molecule has 0 bridgehead atoms. The number of nitrogens with one attached hydrogen (secondary N) is 1. The SMILES string of the molecule is C[C@@H](OC(=O)C1CCN(C2=NS(=O)(=O)c3ccccc32)CC1)C(=O)NCc1ccc2c(c1)OCO2. The van der Waals surface area contributed by atoms with Crippen LogP contribution < -0.4 is 14.8 Å². The van der Waals surface area contributed by atoms with Gasteiger partial charge in [-0.15, -0.1) is 4.40 Å². The average Bonchev–Trinajstić information content (AvgIpc) is 3.44. The van der Waals surface area contributed by atoms with E-state index in [4.69, 9.17) is 14.2 Å². The minimum atomic E-state index is -3.69. The number of rotatable bonds is 5. The Labute approximate surface area is 202 Å². The van der Waals surface area contributed by atoms with Crippen LogP contribution in [0, 0.1) is 5.92 Å². The molecule has 0 unspecified atom stereocenters. The van der Waals surface area contributed by atoms with Crippen molar-refractivity contribution in [3.05, 3.63) is 53.6 Å². The molecule has 0 aromatic heterocycles. The molecule has 3 aliphatic heterocycles. The fraction of sp³-hybridized carbons (Fsp3) is 0.375. The molecule has 0 saturated carbocycles. The third-order valence-electron chi connectivity index (χ3n) is 6.31. The van der Waals surface area contributed by atoms with Gasteiger partial charge in [0.15, 0.2) is 23.4 Å². The predicted molar refractivity (Wildman–Crippen MR) is 124 cm³/mol. The summed E-state index contributed by atoms with van der Waals surface area (Å²) in [5.74, 6) is 0.520. The van der Waals surface area contributed by atoms with Gasteiger partial charge in [0, 0.05) is 25.2 Å². The van der Waals surface area contributed by atoms with Crippen LogP contribution in [0.2, 0.25) is 0 Å². The van der Waals surface area contributed by atoms with Gasteiger partial charge in [0.05, 0.1) is 5.92 Å². The predicted octanol–water partition coefficient (Wildman–Crippen LogP) is 1.82. The van der Waals surface area contributed by atoms with E-state index in [-0.39, 0.29) is 24.2 Å². The molecule has 10 nitrogen and oxygen atoms in total. The minimum Gasteiger partial charge on any atom is -0.454 e. The Morgan fingerprint density at radius 2 is 1.89 bits per heavy atom. The number of esters is 1. The van der Waals surface area contributed by atoms with E-state index < -0.39 is 28.0 Å². The Bertz CT molecular complexity index is 1300. The number of sulfonamides is 1. The van der Waals surface area contributed by atoms with E-state index in [1.165, 1.54) is 6.92 Å². The van der Waals surface area contributed by atoms with Crippen molar-refractivity contribution in [3.8, 4) is 11.5 Å². The lowest BCUT2D eigenvalue weighted by Gasteiger charge is -2.32. The molecule has 1 atom stereocenters. The Hall–Kier alpha value is -3.60. The number of benzene rings is 2. The van der Waals surface area contributed by atoms with Gasteiger partial charge in [0.25, 0.3) is 15.9 Å². The molecule has 2 aromatic rings. The molecular weight excluding hydrogens is 474 g/mol. The number of piperidine rings is 1. The van der Waals surface area contributed by atoms with E-state index in [0.29, 0.717) is 48.8 Å².